The molecule has 0 aliphatic carbocycles. The minimum atomic E-state index is -2.88. The number of halogens is 3. The number of benzene rings is 1. The summed E-state index contributed by atoms with van der Waals surface area (Å²) >= 11 is 2.10. The molecule has 1 aromatic rings. The van der Waals surface area contributed by atoms with Crippen LogP contribution in [0.5, 0.6) is 0 Å². The zero-order valence-electron chi connectivity index (χ0n) is 8.06. The zero-order valence-corrected chi connectivity index (χ0v) is 10.2. The molecule has 0 aliphatic rings. The molecule has 0 fully saturated rings. The van der Waals surface area contributed by atoms with E-state index < -0.39 is 18.4 Å². The fraction of sp³-hybridized carbons (Fsp3) is 0.300. The van der Waals surface area contributed by atoms with Crippen LogP contribution < -0.4 is 5.32 Å². The summed E-state index contributed by atoms with van der Waals surface area (Å²) in [5.41, 5.74) is 0.389. The molecule has 0 aliphatic heterocycles. The molecule has 2 nitrogen and oxygen atoms in total. The van der Waals surface area contributed by atoms with Gasteiger partial charge in [0, 0.05) is 16.1 Å². The summed E-state index contributed by atoms with van der Waals surface area (Å²) in [5.74, 6) is -3.35. The molecule has 5 heteroatoms. The molecule has 15 heavy (non-hydrogen) atoms. The Morgan fingerprint density at radius 2 is 1.93 bits per heavy atom. The van der Waals surface area contributed by atoms with Crippen LogP contribution in [0, 0.1) is 3.57 Å². The van der Waals surface area contributed by atoms with Gasteiger partial charge in [0.05, 0.1) is 6.54 Å². The maximum absolute atomic E-state index is 12.4. The molecule has 0 radical (unpaired) electrons. The van der Waals surface area contributed by atoms with E-state index in [1.165, 1.54) is 0 Å². The molecule has 0 aromatic heterocycles. The van der Waals surface area contributed by atoms with Crippen LogP contribution in [0.1, 0.15) is 17.3 Å². The van der Waals surface area contributed by atoms with Gasteiger partial charge in [0.1, 0.15) is 0 Å². The van der Waals surface area contributed by atoms with E-state index >= 15 is 0 Å². The van der Waals surface area contributed by atoms with Crippen LogP contribution in [-0.2, 0) is 0 Å². The molecule has 1 aromatic carbocycles. The molecule has 0 unspecified atom stereocenters. The van der Waals surface area contributed by atoms with E-state index in [1.54, 1.807) is 24.3 Å². The lowest BCUT2D eigenvalue weighted by Gasteiger charge is -2.11. The van der Waals surface area contributed by atoms with Crippen molar-refractivity contribution in [1.82, 2.24) is 5.32 Å². The Balaban J connectivity index is 2.58. The van der Waals surface area contributed by atoms with Crippen LogP contribution >= 0.6 is 22.6 Å². The molecule has 1 amide bonds. The number of nitrogens with one attached hydrogen (secondary N) is 1. The van der Waals surface area contributed by atoms with Crippen molar-refractivity contribution in [3.05, 3.63) is 33.4 Å². The number of carbonyl (C=O) groups is 1. The van der Waals surface area contributed by atoms with Gasteiger partial charge in [0.2, 0.25) is 0 Å². The van der Waals surface area contributed by atoms with Gasteiger partial charge >= 0.3 is 0 Å². The van der Waals surface area contributed by atoms with E-state index in [0.717, 1.165) is 10.5 Å². The summed E-state index contributed by atoms with van der Waals surface area (Å²) < 4.78 is 25.9. The normalized spacial score (nSPS) is 11.2. The Morgan fingerprint density at radius 1 is 1.40 bits per heavy atom. The van der Waals surface area contributed by atoms with Crippen LogP contribution in [0.4, 0.5) is 8.78 Å². The number of hydrogen-bond donors (Lipinski definition) is 1. The van der Waals surface area contributed by atoms with E-state index in [2.05, 4.69) is 27.9 Å². The number of amides is 1. The first kappa shape index (κ1) is 12.4. The zero-order chi connectivity index (χ0) is 11.5. The fourth-order valence-electron chi connectivity index (χ4n) is 0.939. The van der Waals surface area contributed by atoms with Gasteiger partial charge in [0.15, 0.2) is 0 Å². The second kappa shape index (κ2) is 4.87. The number of alkyl halides is 2. The Morgan fingerprint density at radius 3 is 2.40 bits per heavy atom. The second-order valence-electron chi connectivity index (χ2n) is 3.26. The maximum atomic E-state index is 12.4. The van der Waals surface area contributed by atoms with E-state index in [4.69, 9.17) is 0 Å². The van der Waals surface area contributed by atoms with E-state index in [9.17, 15) is 13.6 Å². The molecule has 0 heterocycles. The van der Waals surface area contributed by atoms with E-state index in [-0.39, 0.29) is 0 Å². The first-order valence-electron chi connectivity index (χ1n) is 4.30. The van der Waals surface area contributed by atoms with Crippen molar-refractivity contribution in [2.75, 3.05) is 6.54 Å². The summed E-state index contributed by atoms with van der Waals surface area (Å²) in [5, 5.41) is 2.17. The van der Waals surface area contributed by atoms with Crippen LogP contribution in [-0.4, -0.2) is 18.4 Å². The summed E-state index contributed by atoms with van der Waals surface area (Å²) in [7, 11) is 0. The van der Waals surface area contributed by atoms with Crippen LogP contribution in [0.3, 0.4) is 0 Å². The minimum absolute atomic E-state index is 0.389. The molecule has 82 valence electrons. The summed E-state index contributed by atoms with van der Waals surface area (Å²) in [6.07, 6.45) is 0. The Bertz CT molecular complexity index is 345. The van der Waals surface area contributed by atoms with Gasteiger partial charge in [-0.15, -0.1) is 0 Å². The highest BCUT2D eigenvalue weighted by Crippen LogP contribution is 2.10. The van der Waals surface area contributed by atoms with Crippen molar-refractivity contribution in [3.8, 4) is 0 Å². The third-order valence-corrected chi connectivity index (χ3v) is 2.38. The lowest BCUT2D eigenvalue weighted by atomic mass is 10.2. The van der Waals surface area contributed by atoms with Gasteiger partial charge in [0.25, 0.3) is 11.8 Å². The standard InChI is InChI=1S/C10H10F2INO/c1-10(11,12)6-14-9(15)7-2-4-8(13)5-3-7/h2-5H,6H2,1H3,(H,14,15). The van der Waals surface area contributed by atoms with Crippen molar-refractivity contribution in [2.24, 2.45) is 0 Å². The first-order valence-corrected chi connectivity index (χ1v) is 5.38. The Labute approximate surface area is 100 Å². The SMILES string of the molecule is CC(F)(F)CNC(=O)c1ccc(I)cc1. The van der Waals surface area contributed by atoms with Crippen molar-refractivity contribution in [1.29, 1.82) is 0 Å². The largest absolute Gasteiger partial charge is 0.346 e. The average molecular weight is 325 g/mol. The predicted octanol–water partition coefficient (Wildman–Crippen LogP) is 2.68. The maximum Gasteiger partial charge on any atom is 0.262 e. The van der Waals surface area contributed by atoms with Crippen LogP contribution in [0.25, 0.3) is 0 Å². The van der Waals surface area contributed by atoms with Gasteiger partial charge in [-0.05, 0) is 46.9 Å². The molecule has 0 atom stereocenters. The van der Waals surface area contributed by atoms with Crippen molar-refractivity contribution in [3.63, 3.8) is 0 Å². The predicted molar refractivity (Wildman–Crippen MR) is 62.1 cm³/mol. The first-order chi connectivity index (χ1) is 6.88. The topological polar surface area (TPSA) is 29.1 Å². The van der Waals surface area contributed by atoms with Gasteiger partial charge in [-0.25, -0.2) is 8.78 Å². The molecule has 1 N–H and O–H groups in total. The highest BCUT2D eigenvalue weighted by Gasteiger charge is 2.21. The number of hydrogen-bond acceptors (Lipinski definition) is 1. The molecule has 0 bridgehead atoms. The minimum Gasteiger partial charge on any atom is -0.346 e. The lowest BCUT2D eigenvalue weighted by molar-refractivity contribution is 0.0221. The molecule has 0 saturated carbocycles. The fourth-order valence-corrected chi connectivity index (χ4v) is 1.30. The highest BCUT2D eigenvalue weighted by molar-refractivity contribution is 14.1. The second-order valence-corrected chi connectivity index (χ2v) is 4.51. The molecular formula is C10H10F2INO. The molecule has 0 saturated heterocycles. The van der Waals surface area contributed by atoms with E-state index in [1.807, 2.05) is 0 Å². The van der Waals surface area contributed by atoms with Crippen LogP contribution in [0.15, 0.2) is 24.3 Å². The Hall–Kier alpha value is -0.720. The number of rotatable bonds is 3. The van der Waals surface area contributed by atoms with Crippen molar-refractivity contribution < 1.29 is 13.6 Å². The van der Waals surface area contributed by atoms with Gasteiger partial charge in [-0.3, -0.25) is 4.79 Å². The quantitative estimate of drug-likeness (QED) is 0.851. The monoisotopic (exact) mass is 325 g/mol. The lowest BCUT2D eigenvalue weighted by Crippen LogP contribution is -2.34. The van der Waals surface area contributed by atoms with Crippen molar-refractivity contribution >= 4 is 28.5 Å². The van der Waals surface area contributed by atoms with Crippen molar-refractivity contribution in [2.45, 2.75) is 12.8 Å². The smallest absolute Gasteiger partial charge is 0.262 e. The third kappa shape index (κ3) is 4.55. The number of carbonyl (C=O) groups excluding carboxylic acids is 1. The van der Waals surface area contributed by atoms with E-state index in [0.29, 0.717) is 5.56 Å². The molecule has 1 rings (SSSR count). The summed E-state index contributed by atoms with van der Waals surface area (Å²) in [6.45, 7) is 0.124. The molecule has 0 spiro atoms. The summed E-state index contributed by atoms with van der Waals surface area (Å²) in [4.78, 5) is 11.4. The van der Waals surface area contributed by atoms with Gasteiger partial charge in [-0.2, -0.15) is 0 Å². The highest BCUT2D eigenvalue weighted by atomic mass is 127. The van der Waals surface area contributed by atoms with Crippen LogP contribution in [0.2, 0.25) is 0 Å². The summed E-state index contributed by atoms with van der Waals surface area (Å²) in [6, 6.07) is 6.70. The van der Waals surface area contributed by atoms with Gasteiger partial charge in [-0.1, -0.05) is 0 Å². The molecular weight excluding hydrogens is 315 g/mol. The van der Waals surface area contributed by atoms with Gasteiger partial charge < -0.3 is 5.32 Å². The average Bonchev–Trinajstić information content (AvgIpc) is 2.14. The third-order valence-electron chi connectivity index (χ3n) is 1.67. The Kier molecular flexibility index (Phi) is 4.01.